The quantitative estimate of drug-likeness (QED) is 0.590. The van der Waals surface area contributed by atoms with Crippen molar-refractivity contribution in [2.24, 2.45) is 0 Å². The number of methoxy groups -OCH3 is 1. The molecule has 0 aliphatic rings. The number of fused-ring (bicyclic) bond motifs is 1. The average molecular weight is 197 g/mol. The van der Waals surface area contributed by atoms with Crippen LogP contribution in [0.3, 0.4) is 0 Å². The van der Waals surface area contributed by atoms with E-state index in [1.54, 1.807) is 14.2 Å². The van der Waals surface area contributed by atoms with E-state index in [1.807, 2.05) is 0 Å². The van der Waals surface area contributed by atoms with Crippen LogP contribution < -0.4 is 0 Å². The molecule has 2 aromatic carbocycles. The van der Waals surface area contributed by atoms with Gasteiger partial charge in [-0.1, -0.05) is 48.5 Å². The molecule has 69 valence electrons. The van der Waals surface area contributed by atoms with Crippen molar-refractivity contribution in [1.29, 1.82) is 0 Å². The molecule has 0 unspecified atom stereocenters. The van der Waals surface area contributed by atoms with Crippen LogP contribution in [0.1, 0.15) is 0 Å². The molecule has 0 amide bonds. The molecular formula is C12H14NaO. The molecule has 0 fully saturated rings. The van der Waals surface area contributed by atoms with E-state index in [0.29, 0.717) is 0 Å². The van der Waals surface area contributed by atoms with Crippen LogP contribution in [0, 0.1) is 0 Å². The van der Waals surface area contributed by atoms with Gasteiger partial charge in [0, 0.05) is 43.8 Å². The van der Waals surface area contributed by atoms with Gasteiger partial charge >= 0.3 is 0 Å². The Morgan fingerprint density at radius 1 is 0.714 bits per heavy atom. The van der Waals surface area contributed by atoms with Crippen molar-refractivity contribution in [3.63, 3.8) is 0 Å². The van der Waals surface area contributed by atoms with Crippen molar-refractivity contribution in [2.45, 2.75) is 0 Å². The van der Waals surface area contributed by atoms with Gasteiger partial charge in [0.25, 0.3) is 0 Å². The molecule has 0 heterocycles. The van der Waals surface area contributed by atoms with E-state index >= 15 is 0 Å². The number of benzene rings is 2. The molecule has 0 saturated heterocycles. The van der Waals surface area contributed by atoms with Crippen LogP contribution in [0.15, 0.2) is 48.5 Å². The monoisotopic (exact) mass is 197 g/mol. The minimum atomic E-state index is 0. The fraction of sp³-hybridized carbons (Fsp3) is 0.167. The third kappa shape index (κ3) is 4.25. The van der Waals surface area contributed by atoms with Crippen molar-refractivity contribution < 1.29 is 4.74 Å². The van der Waals surface area contributed by atoms with Gasteiger partial charge in [-0.25, -0.2) is 0 Å². The van der Waals surface area contributed by atoms with E-state index < -0.39 is 0 Å². The van der Waals surface area contributed by atoms with Gasteiger partial charge in [-0.2, -0.15) is 0 Å². The van der Waals surface area contributed by atoms with Gasteiger partial charge in [-0.15, -0.1) is 0 Å². The summed E-state index contributed by atoms with van der Waals surface area (Å²) in [5.74, 6) is 0. The fourth-order valence-corrected chi connectivity index (χ4v) is 1.13. The summed E-state index contributed by atoms with van der Waals surface area (Å²) in [6.45, 7) is 0. The van der Waals surface area contributed by atoms with Crippen molar-refractivity contribution in [2.75, 3.05) is 14.2 Å². The molecule has 1 radical (unpaired) electrons. The van der Waals surface area contributed by atoms with Crippen molar-refractivity contribution >= 4 is 40.3 Å². The maximum absolute atomic E-state index is 4.25. The zero-order valence-electron chi connectivity index (χ0n) is 9.03. The summed E-state index contributed by atoms with van der Waals surface area (Å²) < 4.78 is 4.25. The molecule has 2 heteroatoms. The van der Waals surface area contributed by atoms with Crippen LogP contribution in [-0.4, -0.2) is 43.8 Å². The van der Waals surface area contributed by atoms with Crippen LogP contribution in [0.4, 0.5) is 0 Å². The van der Waals surface area contributed by atoms with E-state index in [-0.39, 0.29) is 29.6 Å². The van der Waals surface area contributed by atoms with Gasteiger partial charge in [-0.3, -0.25) is 0 Å². The normalized spacial score (nSPS) is 8.43. The maximum Gasteiger partial charge on any atom is 0.0351 e. The summed E-state index contributed by atoms with van der Waals surface area (Å²) in [7, 11) is 3.25. The van der Waals surface area contributed by atoms with E-state index in [1.165, 1.54) is 10.8 Å². The third-order valence-electron chi connectivity index (χ3n) is 1.66. The predicted octanol–water partition coefficient (Wildman–Crippen LogP) is 2.72. The van der Waals surface area contributed by atoms with Crippen molar-refractivity contribution in [3.8, 4) is 0 Å². The Bertz CT molecular complexity index is 295. The fourth-order valence-electron chi connectivity index (χ4n) is 1.13. The summed E-state index contributed by atoms with van der Waals surface area (Å²) in [5.41, 5.74) is 0. The van der Waals surface area contributed by atoms with E-state index in [2.05, 4.69) is 53.3 Å². The number of hydrogen-bond donors (Lipinski definition) is 0. The summed E-state index contributed by atoms with van der Waals surface area (Å²) >= 11 is 0. The zero-order valence-corrected chi connectivity index (χ0v) is 11.0. The maximum atomic E-state index is 4.25. The third-order valence-corrected chi connectivity index (χ3v) is 1.66. The Balaban J connectivity index is 0.000000381. The second-order valence-corrected chi connectivity index (χ2v) is 2.76. The van der Waals surface area contributed by atoms with Gasteiger partial charge in [0.2, 0.25) is 0 Å². The Morgan fingerprint density at radius 2 is 0.929 bits per heavy atom. The summed E-state index contributed by atoms with van der Waals surface area (Å²) in [5, 5.41) is 2.62. The van der Waals surface area contributed by atoms with Gasteiger partial charge in [0.15, 0.2) is 0 Å². The van der Waals surface area contributed by atoms with Gasteiger partial charge in [0.1, 0.15) is 0 Å². The first kappa shape index (κ1) is 13.7. The molecule has 0 atom stereocenters. The van der Waals surface area contributed by atoms with Crippen molar-refractivity contribution in [3.05, 3.63) is 48.5 Å². The molecule has 0 aromatic heterocycles. The van der Waals surface area contributed by atoms with E-state index in [0.717, 1.165) is 0 Å². The Morgan fingerprint density at radius 3 is 1.14 bits per heavy atom. The largest absolute Gasteiger partial charge is 0.388 e. The van der Waals surface area contributed by atoms with E-state index in [4.69, 9.17) is 0 Å². The smallest absolute Gasteiger partial charge is 0.0351 e. The van der Waals surface area contributed by atoms with Crippen LogP contribution in [0.5, 0.6) is 0 Å². The molecule has 0 aliphatic heterocycles. The number of ether oxygens (including phenoxy) is 1. The molecule has 2 aromatic rings. The van der Waals surface area contributed by atoms with Gasteiger partial charge in [-0.05, 0) is 10.8 Å². The molecule has 0 saturated carbocycles. The molecular weight excluding hydrogens is 183 g/mol. The van der Waals surface area contributed by atoms with Gasteiger partial charge < -0.3 is 4.74 Å². The summed E-state index contributed by atoms with van der Waals surface area (Å²) in [4.78, 5) is 0. The Labute approximate surface area is 107 Å². The topological polar surface area (TPSA) is 9.23 Å². The molecule has 0 bridgehead atoms. The van der Waals surface area contributed by atoms with E-state index in [9.17, 15) is 0 Å². The Hall–Kier alpha value is -0.340. The first-order valence-corrected chi connectivity index (χ1v) is 4.22. The molecule has 14 heavy (non-hydrogen) atoms. The molecule has 0 N–H and O–H groups in total. The molecule has 1 nitrogen and oxygen atoms in total. The average Bonchev–Trinajstić information content (AvgIpc) is 2.19. The van der Waals surface area contributed by atoms with Crippen LogP contribution >= 0.6 is 0 Å². The second kappa shape index (κ2) is 8.01. The predicted molar refractivity (Wildman–Crippen MR) is 62.6 cm³/mol. The minimum Gasteiger partial charge on any atom is -0.388 e. The van der Waals surface area contributed by atoms with Crippen molar-refractivity contribution in [1.82, 2.24) is 0 Å². The SMILES string of the molecule is COC.[Na].c1ccc2ccccc2c1. The standard InChI is InChI=1S/C10H8.C2H6O.Na/c1-2-6-10-8-4-3-7-9(10)5-1;1-3-2;/h1-8H;1-2H3;. The number of hydrogen-bond acceptors (Lipinski definition) is 1. The summed E-state index contributed by atoms with van der Waals surface area (Å²) in [6, 6.07) is 16.7. The van der Waals surface area contributed by atoms with Gasteiger partial charge in [0.05, 0.1) is 0 Å². The summed E-state index contributed by atoms with van der Waals surface area (Å²) in [6.07, 6.45) is 0. The molecule has 0 aliphatic carbocycles. The minimum absolute atomic E-state index is 0. The zero-order chi connectivity index (χ0) is 9.52. The van der Waals surface area contributed by atoms with Crippen LogP contribution in [0.25, 0.3) is 10.8 Å². The number of rotatable bonds is 0. The van der Waals surface area contributed by atoms with Crippen LogP contribution in [0.2, 0.25) is 0 Å². The first-order chi connectivity index (χ1) is 6.38. The van der Waals surface area contributed by atoms with Crippen LogP contribution in [-0.2, 0) is 4.74 Å². The molecule has 0 spiro atoms. The first-order valence-electron chi connectivity index (χ1n) is 4.22. The molecule has 2 rings (SSSR count). The second-order valence-electron chi connectivity index (χ2n) is 2.76. The Kier molecular flexibility index (Phi) is 7.81.